The minimum absolute atomic E-state index is 0.0411. The van der Waals surface area contributed by atoms with Crippen molar-refractivity contribution in [3.05, 3.63) is 29.8 Å². The van der Waals surface area contributed by atoms with E-state index in [9.17, 15) is 4.79 Å². The van der Waals surface area contributed by atoms with Crippen molar-refractivity contribution in [2.24, 2.45) is 0 Å². The Balaban J connectivity index is 2.23. The van der Waals surface area contributed by atoms with E-state index in [2.05, 4.69) is 17.1 Å². The maximum Gasteiger partial charge on any atom is 0.257 e. The molecule has 20 heavy (non-hydrogen) atoms. The number of rotatable bonds is 9. The van der Waals surface area contributed by atoms with E-state index in [0.29, 0.717) is 18.9 Å². The van der Waals surface area contributed by atoms with Crippen molar-refractivity contribution < 1.29 is 14.3 Å². The predicted molar refractivity (Wildman–Crippen MR) is 78.8 cm³/mol. The summed E-state index contributed by atoms with van der Waals surface area (Å²) in [7, 11) is 3.68. The van der Waals surface area contributed by atoms with Gasteiger partial charge < -0.3 is 19.7 Å². The van der Waals surface area contributed by atoms with Gasteiger partial charge in [-0.1, -0.05) is 19.1 Å². The summed E-state index contributed by atoms with van der Waals surface area (Å²) in [5.41, 5.74) is 1.08. The molecule has 1 N–H and O–H groups in total. The summed E-state index contributed by atoms with van der Waals surface area (Å²) in [6, 6.07) is 7.53. The van der Waals surface area contributed by atoms with Crippen LogP contribution in [0.1, 0.15) is 12.5 Å². The number of hydrogen-bond acceptors (Lipinski definition) is 4. The number of nitrogens with zero attached hydrogens (tertiary/aromatic N) is 1. The van der Waals surface area contributed by atoms with Crippen LogP contribution in [-0.2, 0) is 16.1 Å². The van der Waals surface area contributed by atoms with Crippen molar-refractivity contribution in [1.82, 2.24) is 10.2 Å². The van der Waals surface area contributed by atoms with E-state index in [0.717, 1.165) is 18.7 Å². The Kier molecular flexibility index (Phi) is 7.69. The molecule has 0 aliphatic rings. The summed E-state index contributed by atoms with van der Waals surface area (Å²) in [4.78, 5) is 13.7. The molecule has 0 saturated carbocycles. The highest BCUT2D eigenvalue weighted by molar-refractivity contribution is 5.77. The van der Waals surface area contributed by atoms with Gasteiger partial charge in [0.25, 0.3) is 5.91 Å². The first-order chi connectivity index (χ1) is 9.65. The first-order valence-corrected chi connectivity index (χ1v) is 6.81. The zero-order chi connectivity index (χ0) is 14.8. The molecule has 0 aromatic heterocycles. The lowest BCUT2D eigenvalue weighted by Crippen LogP contribution is -2.35. The molecule has 0 saturated heterocycles. The summed E-state index contributed by atoms with van der Waals surface area (Å²) in [6.07, 6.45) is 0. The number of methoxy groups -OCH3 is 1. The molecule has 0 unspecified atom stereocenters. The standard InChI is InChI=1S/C15H24N2O3/c1-4-17(2)10-9-16-15(18)12-20-14-7-5-13(6-8-14)11-19-3/h5-8H,4,9-12H2,1-3H3,(H,16,18). The Labute approximate surface area is 120 Å². The molecule has 1 amide bonds. The van der Waals surface area contributed by atoms with Gasteiger partial charge in [0.2, 0.25) is 0 Å². The summed E-state index contributed by atoms with van der Waals surface area (Å²) in [5.74, 6) is 0.584. The van der Waals surface area contributed by atoms with Crippen LogP contribution >= 0.6 is 0 Å². The second kappa shape index (κ2) is 9.34. The fraction of sp³-hybridized carbons (Fsp3) is 0.533. The van der Waals surface area contributed by atoms with Crippen molar-refractivity contribution >= 4 is 5.91 Å². The Hall–Kier alpha value is -1.59. The molecule has 0 fully saturated rings. The quantitative estimate of drug-likeness (QED) is 0.740. The van der Waals surface area contributed by atoms with Crippen LogP contribution in [-0.4, -0.2) is 51.2 Å². The molecule has 0 spiro atoms. The van der Waals surface area contributed by atoms with Crippen molar-refractivity contribution in [2.45, 2.75) is 13.5 Å². The molecule has 0 heterocycles. The van der Waals surface area contributed by atoms with Gasteiger partial charge in [0.05, 0.1) is 6.61 Å². The van der Waals surface area contributed by atoms with E-state index in [-0.39, 0.29) is 12.5 Å². The van der Waals surface area contributed by atoms with Gasteiger partial charge >= 0.3 is 0 Å². The lowest BCUT2D eigenvalue weighted by atomic mass is 10.2. The van der Waals surface area contributed by atoms with E-state index in [1.807, 2.05) is 31.3 Å². The van der Waals surface area contributed by atoms with Crippen LogP contribution < -0.4 is 10.1 Å². The molecule has 5 heteroatoms. The van der Waals surface area contributed by atoms with Gasteiger partial charge in [-0.2, -0.15) is 0 Å². The Morgan fingerprint density at radius 1 is 1.30 bits per heavy atom. The minimum atomic E-state index is -0.101. The van der Waals surface area contributed by atoms with E-state index >= 15 is 0 Å². The maximum atomic E-state index is 11.6. The van der Waals surface area contributed by atoms with E-state index < -0.39 is 0 Å². The molecule has 0 aliphatic heterocycles. The SMILES string of the molecule is CCN(C)CCNC(=O)COc1ccc(COC)cc1. The zero-order valence-corrected chi connectivity index (χ0v) is 12.5. The first-order valence-electron chi connectivity index (χ1n) is 6.81. The van der Waals surface area contributed by atoms with Crippen LogP contribution in [0.15, 0.2) is 24.3 Å². The molecule has 1 rings (SSSR count). The maximum absolute atomic E-state index is 11.6. The highest BCUT2D eigenvalue weighted by Gasteiger charge is 2.03. The van der Waals surface area contributed by atoms with Crippen molar-refractivity contribution in [1.29, 1.82) is 0 Å². The van der Waals surface area contributed by atoms with E-state index in [1.165, 1.54) is 0 Å². The summed E-state index contributed by atoms with van der Waals surface area (Å²) in [6.45, 7) is 5.15. The molecule has 1 aromatic rings. The van der Waals surface area contributed by atoms with Gasteiger partial charge in [0.1, 0.15) is 5.75 Å². The number of likely N-dealkylation sites (N-methyl/N-ethyl adjacent to an activating group) is 1. The summed E-state index contributed by atoms with van der Waals surface area (Å²) < 4.78 is 10.4. The summed E-state index contributed by atoms with van der Waals surface area (Å²) >= 11 is 0. The lowest BCUT2D eigenvalue weighted by Gasteiger charge is -2.14. The lowest BCUT2D eigenvalue weighted by molar-refractivity contribution is -0.123. The van der Waals surface area contributed by atoms with Gasteiger partial charge in [0, 0.05) is 20.2 Å². The molecule has 5 nitrogen and oxygen atoms in total. The first kappa shape index (κ1) is 16.5. The van der Waals surface area contributed by atoms with Crippen molar-refractivity contribution in [3.8, 4) is 5.75 Å². The molecule has 112 valence electrons. The number of benzene rings is 1. The fourth-order valence-electron chi connectivity index (χ4n) is 1.59. The van der Waals surface area contributed by atoms with Crippen LogP contribution in [0.2, 0.25) is 0 Å². The zero-order valence-electron chi connectivity index (χ0n) is 12.5. The molecule has 0 bridgehead atoms. The molecule has 0 aliphatic carbocycles. The topological polar surface area (TPSA) is 50.8 Å². The monoisotopic (exact) mass is 280 g/mol. The number of hydrogen-bond donors (Lipinski definition) is 1. The van der Waals surface area contributed by atoms with Crippen molar-refractivity contribution in [3.63, 3.8) is 0 Å². The number of nitrogens with one attached hydrogen (secondary N) is 1. The third-order valence-corrected chi connectivity index (χ3v) is 2.96. The smallest absolute Gasteiger partial charge is 0.257 e. The normalized spacial score (nSPS) is 10.6. The molecular formula is C15H24N2O3. The molecule has 0 radical (unpaired) electrons. The third-order valence-electron chi connectivity index (χ3n) is 2.96. The highest BCUT2D eigenvalue weighted by Crippen LogP contribution is 2.12. The largest absolute Gasteiger partial charge is 0.484 e. The number of amides is 1. The average molecular weight is 280 g/mol. The Morgan fingerprint density at radius 2 is 2.00 bits per heavy atom. The van der Waals surface area contributed by atoms with Crippen LogP contribution in [0.25, 0.3) is 0 Å². The molecular weight excluding hydrogens is 256 g/mol. The van der Waals surface area contributed by atoms with E-state index in [4.69, 9.17) is 9.47 Å². The Morgan fingerprint density at radius 3 is 2.60 bits per heavy atom. The average Bonchev–Trinajstić information content (AvgIpc) is 2.46. The predicted octanol–water partition coefficient (Wildman–Crippen LogP) is 1.28. The van der Waals surface area contributed by atoms with Gasteiger partial charge in [-0.05, 0) is 31.3 Å². The number of ether oxygens (including phenoxy) is 2. The number of carbonyl (C=O) groups excluding carboxylic acids is 1. The summed E-state index contributed by atoms with van der Waals surface area (Å²) in [5, 5.41) is 2.82. The van der Waals surface area contributed by atoms with Gasteiger partial charge in [-0.3, -0.25) is 4.79 Å². The highest BCUT2D eigenvalue weighted by atomic mass is 16.5. The minimum Gasteiger partial charge on any atom is -0.484 e. The molecule has 0 atom stereocenters. The van der Waals surface area contributed by atoms with Crippen LogP contribution in [0.4, 0.5) is 0 Å². The van der Waals surface area contributed by atoms with Gasteiger partial charge in [0.15, 0.2) is 6.61 Å². The van der Waals surface area contributed by atoms with Crippen LogP contribution in [0, 0.1) is 0 Å². The van der Waals surface area contributed by atoms with Gasteiger partial charge in [-0.15, -0.1) is 0 Å². The second-order valence-electron chi connectivity index (χ2n) is 4.61. The van der Waals surface area contributed by atoms with Crippen LogP contribution in [0.3, 0.4) is 0 Å². The molecule has 1 aromatic carbocycles. The van der Waals surface area contributed by atoms with Crippen LogP contribution in [0.5, 0.6) is 5.75 Å². The third kappa shape index (κ3) is 6.54. The second-order valence-corrected chi connectivity index (χ2v) is 4.61. The number of carbonyl (C=O) groups is 1. The van der Waals surface area contributed by atoms with Crippen molar-refractivity contribution in [2.75, 3.05) is 40.4 Å². The Bertz CT molecular complexity index is 393. The van der Waals surface area contributed by atoms with E-state index in [1.54, 1.807) is 7.11 Å². The fourth-order valence-corrected chi connectivity index (χ4v) is 1.59. The van der Waals surface area contributed by atoms with Gasteiger partial charge in [-0.25, -0.2) is 0 Å².